The SMILES string of the molecule is Cc1nc(N(C)Cc2nccn2C)ccc1N. The van der Waals surface area contributed by atoms with Crippen LogP contribution in [0, 0.1) is 6.92 Å². The van der Waals surface area contributed by atoms with Crippen molar-refractivity contribution in [2.45, 2.75) is 13.5 Å². The summed E-state index contributed by atoms with van der Waals surface area (Å²) in [6.07, 6.45) is 3.73. The van der Waals surface area contributed by atoms with E-state index in [-0.39, 0.29) is 0 Å². The molecule has 5 nitrogen and oxygen atoms in total. The second-order valence-electron chi connectivity index (χ2n) is 4.15. The van der Waals surface area contributed by atoms with Crippen molar-refractivity contribution in [1.29, 1.82) is 0 Å². The molecule has 0 aliphatic carbocycles. The summed E-state index contributed by atoms with van der Waals surface area (Å²) >= 11 is 0. The molecule has 0 unspecified atom stereocenters. The Hall–Kier alpha value is -2.04. The van der Waals surface area contributed by atoms with E-state index >= 15 is 0 Å². The number of aryl methyl sites for hydroxylation is 2. The van der Waals surface area contributed by atoms with Crippen molar-refractivity contribution in [3.8, 4) is 0 Å². The average molecular weight is 231 g/mol. The number of aromatic nitrogens is 3. The largest absolute Gasteiger partial charge is 0.397 e. The summed E-state index contributed by atoms with van der Waals surface area (Å²) in [7, 11) is 3.98. The van der Waals surface area contributed by atoms with Crippen molar-refractivity contribution in [3.63, 3.8) is 0 Å². The van der Waals surface area contributed by atoms with Crippen molar-refractivity contribution >= 4 is 11.5 Å². The highest BCUT2D eigenvalue weighted by Gasteiger charge is 2.07. The van der Waals surface area contributed by atoms with Crippen LogP contribution in [0.3, 0.4) is 0 Å². The molecular formula is C12H17N5. The Bertz CT molecular complexity index is 517. The third-order valence-corrected chi connectivity index (χ3v) is 2.80. The first-order valence-electron chi connectivity index (χ1n) is 5.48. The number of rotatable bonds is 3. The molecule has 17 heavy (non-hydrogen) atoms. The highest BCUT2D eigenvalue weighted by Crippen LogP contribution is 2.16. The van der Waals surface area contributed by atoms with Gasteiger partial charge in [-0.2, -0.15) is 0 Å². The van der Waals surface area contributed by atoms with E-state index in [4.69, 9.17) is 5.73 Å². The van der Waals surface area contributed by atoms with Gasteiger partial charge in [-0.25, -0.2) is 9.97 Å². The minimum Gasteiger partial charge on any atom is -0.397 e. The molecule has 0 saturated carbocycles. The number of nitrogen functional groups attached to an aromatic ring is 1. The first-order valence-corrected chi connectivity index (χ1v) is 5.48. The standard InChI is InChI=1S/C12H17N5/c1-9-10(13)4-5-11(15-9)17(3)8-12-14-6-7-16(12)2/h4-7H,8,13H2,1-3H3. The molecule has 0 radical (unpaired) electrons. The minimum atomic E-state index is 0.721. The lowest BCUT2D eigenvalue weighted by molar-refractivity contribution is 0.754. The monoisotopic (exact) mass is 231 g/mol. The van der Waals surface area contributed by atoms with Crippen LogP contribution >= 0.6 is 0 Å². The normalized spacial score (nSPS) is 10.5. The predicted molar refractivity (Wildman–Crippen MR) is 68.7 cm³/mol. The summed E-state index contributed by atoms with van der Waals surface area (Å²) in [5.74, 6) is 1.91. The molecule has 2 aromatic heterocycles. The predicted octanol–water partition coefficient (Wildman–Crippen LogP) is 1.34. The van der Waals surface area contributed by atoms with Crippen LogP contribution in [0.2, 0.25) is 0 Å². The van der Waals surface area contributed by atoms with Gasteiger partial charge in [-0.05, 0) is 19.1 Å². The van der Waals surface area contributed by atoms with E-state index in [1.165, 1.54) is 0 Å². The fraction of sp³-hybridized carbons (Fsp3) is 0.333. The van der Waals surface area contributed by atoms with Gasteiger partial charge in [0, 0.05) is 26.5 Å². The average Bonchev–Trinajstić information content (AvgIpc) is 2.68. The second-order valence-corrected chi connectivity index (χ2v) is 4.15. The van der Waals surface area contributed by atoms with E-state index in [1.807, 2.05) is 43.9 Å². The van der Waals surface area contributed by atoms with Gasteiger partial charge in [0.15, 0.2) is 0 Å². The Kier molecular flexibility index (Phi) is 2.99. The Labute approximate surface area is 101 Å². The quantitative estimate of drug-likeness (QED) is 0.866. The molecule has 0 aliphatic heterocycles. The third kappa shape index (κ3) is 2.38. The summed E-state index contributed by atoms with van der Waals surface area (Å²) in [5, 5.41) is 0. The maximum atomic E-state index is 5.75. The molecule has 0 atom stereocenters. The summed E-state index contributed by atoms with van der Waals surface area (Å²) in [4.78, 5) is 10.8. The van der Waals surface area contributed by atoms with E-state index in [0.717, 1.165) is 29.6 Å². The van der Waals surface area contributed by atoms with Crippen molar-refractivity contribution in [2.24, 2.45) is 7.05 Å². The van der Waals surface area contributed by atoms with Gasteiger partial charge in [-0.3, -0.25) is 0 Å². The molecule has 2 N–H and O–H groups in total. The molecule has 0 bridgehead atoms. The zero-order valence-corrected chi connectivity index (χ0v) is 10.4. The number of nitrogens with zero attached hydrogens (tertiary/aromatic N) is 4. The number of imidazole rings is 1. The van der Waals surface area contributed by atoms with Gasteiger partial charge < -0.3 is 15.2 Å². The zero-order valence-electron chi connectivity index (χ0n) is 10.4. The number of pyridine rings is 1. The van der Waals surface area contributed by atoms with Gasteiger partial charge in [0.05, 0.1) is 17.9 Å². The molecule has 0 aromatic carbocycles. The molecule has 2 heterocycles. The van der Waals surface area contributed by atoms with E-state index in [9.17, 15) is 0 Å². The lowest BCUT2D eigenvalue weighted by Gasteiger charge is -2.18. The first kappa shape index (κ1) is 11.4. The molecule has 0 spiro atoms. The number of anilines is 2. The lowest BCUT2D eigenvalue weighted by atomic mass is 10.3. The Balaban J connectivity index is 2.17. The van der Waals surface area contributed by atoms with Crippen molar-refractivity contribution in [2.75, 3.05) is 17.7 Å². The molecule has 2 rings (SSSR count). The van der Waals surface area contributed by atoms with Gasteiger partial charge in [-0.15, -0.1) is 0 Å². The smallest absolute Gasteiger partial charge is 0.129 e. The molecule has 5 heteroatoms. The van der Waals surface area contributed by atoms with Crippen LogP contribution in [0.15, 0.2) is 24.5 Å². The van der Waals surface area contributed by atoms with Gasteiger partial charge >= 0.3 is 0 Å². The lowest BCUT2D eigenvalue weighted by Crippen LogP contribution is -2.20. The fourth-order valence-electron chi connectivity index (χ4n) is 1.61. The topological polar surface area (TPSA) is 60.0 Å². The van der Waals surface area contributed by atoms with E-state index in [2.05, 4.69) is 14.9 Å². The van der Waals surface area contributed by atoms with Crippen LogP contribution < -0.4 is 10.6 Å². The molecule has 0 saturated heterocycles. The molecule has 0 aliphatic rings. The molecule has 90 valence electrons. The third-order valence-electron chi connectivity index (χ3n) is 2.80. The second kappa shape index (κ2) is 4.45. The Morgan fingerprint density at radius 3 is 2.76 bits per heavy atom. The highest BCUT2D eigenvalue weighted by molar-refractivity contribution is 5.50. The maximum absolute atomic E-state index is 5.75. The highest BCUT2D eigenvalue weighted by atomic mass is 15.2. The van der Waals surface area contributed by atoms with E-state index in [1.54, 1.807) is 6.20 Å². The fourth-order valence-corrected chi connectivity index (χ4v) is 1.61. The van der Waals surface area contributed by atoms with Crippen LogP contribution in [-0.2, 0) is 13.6 Å². The minimum absolute atomic E-state index is 0.721. The Morgan fingerprint density at radius 2 is 2.18 bits per heavy atom. The van der Waals surface area contributed by atoms with Crippen molar-refractivity contribution in [3.05, 3.63) is 36.0 Å². The summed E-state index contributed by atoms with van der Waals surface area (Å²) in [5.41, 5.74) is 7.33. The first-order chi connectivity index (χ1) is 8.08. The summed E-state index contributed by atoms with van der Waals surface area (Å²) < 4.78 is 2.00. The molecule has 2 aromatic rings. The number of hydrogen-bond acceptors (Lipinski definition) is 4. The summed E-state index contributed by atoms with van der Waals surface area (Å²) in [6, 6.07) is 3.80. The molecule has 0 fully saturated rings. The van der Waals surface area contributed by atoms with Crippen LogP contribution in [-0.4, -0.2) is 21.6 Å². The maximum Gasteiger partial charge on any atom is 0.129 e. The van der Waals surface area contributed by atoms with Crippen LogP contribution in [0.4, 0.5) is 11.5 Å². The van der Waals surface area contributed by atoms with Gasteiger partial charge in [0.1, 0.15) is 11.6 Å². The Morgan fingerprint density at radius 1 is 1.41 bits per heavy atom. The summed E-state index contributed by atoms with van der Waals surface area (Å²) in [6.45, 7) is 2.63. The van der Waals surface area contributed by atoms with Crippen LogP contribution in [0.1, 0.15) is 11.5 Å². The number of nitrogens with two attached hydrogens (primary N) is 1. The zero-order chi connectivity index (χ0) is 12.4. The van der Waals surface area contributed by atoms with Crippen LogP contribution in [0.5, 0.6) is 0 Å². The van der Waals surface area contributed by atoms with Gasteiger partial charge in [0.2, 0.25) is 0 Å². The van der Waals surface area contributed by atoms with Crippen molar-refractivity contribution < 1.29 is 0 Å². The van der Waals surface area contributed by atoms with E-state index in [0.29, 0.717) is 0 Å². The van der Waals surface area contributed by atoms with E-state index < -0.39 is 0 Å². The van der Waals surface area contributed by atoms with Gasteiger partial charge in [-0.1, -0.05) is 0 Å². The molecule has 0 amide bonds. The van der Waals surface area contributed by atoms with Crippen LogP contribution in [0.25, 0.3) is 0 Å². The van der Waals surface area contributed by atoms with Crippen molar-refractivity contribution in [1.82, 2.24) is 14.5 Å². The molecular weight excluding hydrogens is 214 g/mol. The number of hydrogen-bond donors (Lipinski definition) is 1. The van der Waals surface area contributed by atoms with Gasteiger partial charge in [0.25, 0.3) is 0 Å².